The summed E-state index contributed by atoms with van der Waals surface area (Å²) >= 11 is 2.78. The van der Waals surface area contributed by atoms with Crippen LogP contribution in [-0.4, -0.2) is 32.2 Å². The molecule has 4 rings (SSSR count). The highest BCUT2D eigenvalue weighted by Crippen LogP contribution is 2.31. The third-order valence-electron chi connectivity index (χ3n) is 4.89. The molecule has 0 spiro atoms. The molecule has 1 amide bonds. The summed E-state index contributed by atoms with van der Waals surface area (Å²) in [5.41, 5.74) is 0.747. The molecule has 3 aromatic heterocycles. The number of halogens is 1. The number of thioether (sulfide) groups is 1. The summed E-state index contributed by atoms with van der Waals surface area (Å²) in [6, 6.07) is 9.95. The molecule has 33 heavy (non-hydrogen) atoms. The first kappa shape index (κ1) is 23.2. The number of aromatic nitrogens is 4. The van der Waals surface area contributed by atoms with Gasteiger partial charge < -0.3 is 9.73 Å². The van der Waals surface area contributed by atoms with E-state index in [0.717, 1.165) is 24.3 Å². The molecule has 0 saturated heterocycles. The summed E-state index contributed by atoms with van der Waals surface area (Å²) in [5.74, 6) is 0.825. The van der Waals surface area contributed by atoms with E-state index in [-0.39, 0.29) is 11.7 Å². The van der Waals surface area contributed by atoms with E-state index in [1.807, 2.05) is 0 Å². The molecule has 0 fully saturated rings. The molecule has 4 aromatic rings. The van der Waals surface area contributed by atoms with Crippen molar-refractivity contribution >= 4 is 29.0 Å². The zero-order chi connectivity index (χ0) is 23.0. The maximum Gasteiger partial charge on any atom is 0.270 e. The van der Waals surface area contributed by atoms with E-state index in [2.05, 4.69) is 27.4 Å². The predicted octanol–water partition coefficient (Wildman–Crippen LogP) is 5.73. The SMILES string of the molecule is CCCCCCNC(=O)c1csc(CSc2nnc(-c3ccco3)n2-c2ccccc2F)n1. The lowest BCUT2D eigenvalue weighted by Gasteiger charge is -2.09. The molecular weight excluding hydrogens is 461 g/mol. The van der Waals surface area contributed by atoms with Crippen molar-refractivity contribution in [2.45, 2.75) is 43.5 Å². The Kier molecular flexibility index (Phi) is 7.90. The average Bonchev–Trinajstić information content (AvgIpc) is 3.58. The number of nitrogens with one attached hydrogen (secondary N) is 1. The number of para-hydroxylation sites is 1. The van der Waals surface area contributed by atoms with Crippen LogP contribution in [0.2, 0.25) is 0 Å². The van der Waals surface area contributed by atoms with Crippen LogP contribution in [0.3, 0.4) is 0 Å². The summed E-state index contributed by atoms with van der Waals surface area (Å²) in [6.07, 6.45) is 5.95. The standard InChI is InChI=1S/C23H24FN5O2S2/c1-2-3-4-7-12-25-22(30)17-14-32-20(26-17)15-33-23-28-27-21(19-11-8-13-31-19)29(23)18-10-6-5-9-16(18)24/h5-6,8-11,13-14H,2-4,7,12,15H2,1H3,(H,25,30). The molecule has 0 radical (unpaired) electrons. The number of benzene rings is 1. The van der Waals surface area contributed by atoms with E-state index in [1.165, 1.54) is 41.8 Å². The molecular formula is C23H24FN5O2S2. The second-order valence-corrected chi connectivity index (χ2v) is 9.19. The lowest BCUT2D eigenvalue weighted by molar-refractivity contribution is 0.0948. The van der Waals surface area contributed by atoms with Crippen molar-refractivity contribution in [1.82, 2.24) is 25.1 Å². The number of rotatable bonds is 11. The van der Waals surface area contributed by atoms with Gasteiger partial charge >= 0.3 is 0 Å². The van der Waals surface area contributed by atoms with Crippen LogP contribution in [-0.2, 0) is 5.75 Å². The summed E-state index contributed by atoms with van der Waals surface area (Å²) in [4.78, 5) is 16.8. The molecule has 0 aliphatic carbocycles. The van der Waals surface area contributed by atoms with Crippen molar-refractivity contribution in [3.63, 3.8) is 0 Å². The lowest BCUT2D eigenvalue weighted by Crippen LogP contribution is -2.24. The number of amides is 1. The molecule has 0 bridgehead atoms. The topological polar surface area (TPSA) is 85.8 Å². The van der Waals surface area contributed by atoms with Crippen molar-refractivity contribution in [2.75, 3.05) is 6.54 Å². The van der Waals surface area contributed by atoms with E-state index in [0.29, 0.717) is 40.4 Å². The van der Waals surface area contributed by atoms with E-state index in [9.17, 15) is 9.18 Å². The first-order valence-corrected chi connectivity index (χ1v) is 12.6. The first-order valence-electron chi connectivity index (χ1n) is 10.8. The molecule has 3 heterocycles. The Morgan fingerprint density at radius 3 is 2.85 bits per heavy atom. The Morgan fingerprint density at radius 2 is 2.06 bits per heavy atom. The quantitative estimate of drug-likeness (QED) is 0.216. The van der Waals surface area contributed by atoms with Crippen molar-refractivity contribution < 1.29 is 13.6 Å². The number of unbranched alkanes of at least 4 members (excludes halogenated alkanes) is 3. The number of hydrogen-bond acceptors (Lipinski definition) is 7. The minimum Gasteiger partial charge on any atom is -0.461 e. The van der Waals surface area contributed by atoms with Gasteiger partial charge in [0.25, 0.3) is 5.91 Å². The highest BCUT2D eigenvalue weighted by atomic mass is 32.2. The molecule has 1 N–H and O–H groups in total. The molecule has 10 heteroatoms. The van der Waals surface area contributed by atoms with Gasteiger partial charge in [-0.05, 0) is 30.7 Å². The number of thiazole rings is 1. The van der Waals surface area contributed by atoms with Crippen molar-refractivity contribution in [3.05, 3.63) is 64.6 Å². The molecule has 172 valence electrons. The molecule has 1 aromatic carbocycles. The van der Waals surface area contributed by atoms with E-state index >= 15 is 0 Å². The van der Waals surface area contributed by atoms with Crippen LogP contribution in [0.15, 0.2) is 57.6 Å². The Hall–Kier alpha value is -2.98. The highest BCUT2D eigenvalue weighted by Gasteiger charge is 2.21. The van der Waals surface area contributed by atoms with Crippen LogP contribution in [0.25, 0.3) is 17.3 Å². The van der Waals surface area contributed by atoms with Crippen molar-refractivity contribution in [1.29, 1.82) is 0 Å². The van der Waals surface area contributed by atoms with E-state index in [1.54, 1.807) is 40.3 Å². The Labute approximate surface area is 199 Å². The van der Waals surface area contributed by atoms with Gasteiger partial charge in [-0.3, -0.25) is 9.36 Å². The fraction of sp³-hybridized carbons (Fsp3) is 0.304. The Balaban J connectivity index is 1.46. The van der Waals surface area contributed by atoms with Gasteiger partial charge in [-0.15, -0.1) is 21.5 Å². The Morgan fingerprint density at radius 1 is 1.18 bits per heavy atom. The average molecular weight is 486 g/mol. The van der Waals surface area contributed by atoms with Gasteiger partial charge in [-0.25, -0.2) is 9.37 Å². The normalized spacial score (nSPS) is 11.1. The van der Waals surface area contributed by atoms with Crippen LogP contribution in [0, 0.1) is 5.82 Å². The van der Waals surface area contributed by atoms with Crippen LogP contribution < -0.4 is 5.32 Å². The summed E-state index contributed by atoms with van der Waals surface area (Å²) in [7, 11) is 0. The second kappa shape index (κ2) is 11.2. The molecule has 0 atom stereocenters. The number of furan rings is 1. The van der Waals surface area contributed by atoms with Crippen LogP contribution in [0.5, 0.6) is 0 Å². The number of carbonyl (C=O) groups excluding carboxylic acids is 1. The largest absolute Gasteiger partial charge is 0.461 e. The van der Waals surface area contributed by atoms with Crippen LogP contribution in [0.1, 0.15) is 48.1 Å². The van der Waals surface area contributed by atoms with E-state index < -0.39 is 0 Å². The van der Waals surface area contributed by atoms with Crippen LogP contribution >= 0.6 is 23.1 Å². The van der Waals surface area contributed by atoms with E-state index in [4.69, 9.17) is 4.42 Å². The van der Waals surface area contributed by atoms with Crippen molar-refractivity contribution in [3.8, 4) is 17.3 Å². The maximum absolute atomic E-state index is 14.6. The Bertz CT molecular complexity index is 1190. The third-order valence-corrected chi connectivity index (χ3v) is 6.87. The highest BCUT2D eigenvalue weighted by molar-refractivity contribution is 7.98. The summed E-state index contributed by atoms with van der Waals surface area (Å²) in [5, 5.41) is 14.4. The molecule has 0 saturated carbocycles. The van der Waals surface area contributed by atoms with Gasteiger partial charge in [-0.2, -0.15) is 0 Å². The lowest BCUT2D eigenvalue weighted by atomic mass is 10.2. The first-order chi connectivity index (χ1) is 16.2. The zero-order valence-corrected chi connectivity index (χ0v) is 19.8. The minimum absolute atomic E-state index is 0.159. The zero-order valence-electron chi connectivity index (χ0n) is 18.2. The molecule has 0 unspecified atom stereocenters. The van der Waals surface area contributed by atoms with Crippen LogP contribution in [0.4, 0.5) is 4.39 Å². The van der Waals surface area contributed by atoms with Gasteiger partial charge in [0.2, 0.25) is 5.82 Å². The molecule has 7 nitrogen and oxygen atoms in total. The second-order valence-electron chi connectivity index (χ2n) is 7.30. The predicted molar refractivity (Wildman–Crippen MR) is 127 cm³/mol. The van der Waals surface area contributed by atoms with Gasteiger partial charge in [0, 0.05) is 11.9 Å². The van der Waals surface area contributed by atoms with Gasteiger partial charge in [0.1, 0.15) is 16.5 Å². The number of nitrogens with zero attached hydrogens (tertiary/aromatic N) is 4. The monoisotopic (exact) mass is 485 g/mol. The van der Waals surface area contributed by atoms with Gasteiger partial charge in [-0.1, -0.05) is 50.1 Å². The minimum atomic E-state index is -0.390. The third kappa shape index (κ3) is 5.69. The van der Waals surface area contributed by atoms with Gasteiger partial charge in [0.15, 0.2) is 10.9 Å². The maximum atomic E-state index is 14.6. The smallest absolute Gasteiger partial charge is 0.270 e. The molecule has 0 aliphatic heterocycles. The summed E-state index contributed by atoms with van der Waals surface area (Å²) in [6.45, 7) is 2.81. The number of carbonyl (C=O) groups is 1. The molecule has 0 aliphatic rings. The number of hydrogen-bond donors (Lipinski definition) is 1. The van der Waals surface area contributed by atoms with Crippen molar-refractivity contribution in [2.24, 2.45) is 0 Å². The fourth-order valence-corrected chi connectivity index (χ4v) is 4.97. The summed E-state index contributed by atoms with van der Waals surface area (Å²) < 4.78 is 21.7. The van der Waals surface area contributed by atoms with Gasteiger partial charge in [0.05, 0.1) is 17.7 Å². The fourth-order valence-electron chi connectivity index (χ4n) is 3.23.